The van der Waals surface area contributed by atoms with E-state index in [1.165, 1.54) is 19.3 Å². The first kappa shape index (κ1) is 17.7. The molecule has 2 aliphatic rings. The molecular formula is C20H25N5O2. The van der Waals surface area contributed by atoms with Crippen molar-refractivity contribution < 1.29 is 9.53 Å². The van der Waals surface area contributed by atoms with Crippen molar-refractivity contribution in [1.29, 1.82) is 0 Å². The number of carbonyl (C=O) groups excluding carboxylic acids is 1. The first-order valence-electron chi connectivity index (χ1n) is 9.63. The zero-order valence-electron chi connectivity index (χ0n) is 15.4. The quantitative estimate of drug-likeness (QED) is 0.896. The van der Waals surface area contributed by atoms with Gasteiger partial charge in [-0.25, -0.2) is 0 Å². The fraction of sp³-hybridized carbons (Fsp3) is 0.450. The summed E-state index contributed by atoms with van der Waals surface area (Å²) in [6.07, 6.45) is 3.64. The lowest BCUT2D eigenvalue weighted by Gasteiger charge is -2.30. The Labute approximate surface area is 159 Å². The van der Waals surface area contributed by atoms with E-state index >= 15 is 0 Å². The number of ether oxygens (including phenoxy) is 1. The maximum atomic E-state index is 12.7. The number of aromatic nitrogens is 2. The molecule has 1 N–H and O–H groups in total. The van der Waals surface area contributed by atoms with Crippen LogP contribution >= 0.6 is 0 Å². The standard InChI is InChI=1S/C20H25N5O2/c26-20(17-8-9-19(23-22-17)25-10-4-1-5-11-25)21-16-6-2-3-7-18(16)24-12-14-27-15-13-24/h2-3,6-9H,1,4-5,10-15H2,(H,21,26). The first-order valence-corrected chi connectivity index (χ1v) is 9.63. The van der Waals surface area contributed by atoms with Gasteiger partial charge in [-0.15, -0.1) is 10.2 Å². The smallest absolute Gasteiger partial charge is 0.276 e. The molecular weight excluding hydrogens is 342 g/mol. The molecule has 7 nitrogen and oxygen atoms in total. The Balaban J connectivity index is 1.46. The predicted octanol–water partition coefficient (Wildman–Crippen LogP) is 2.56. The van der Waals surface area contributed by atoms with E-state index in [2.05, 4.69) is 25.3 Å². The summed E-state index contributed by atoms with van der Waals surface area (Å²) >= 11 is 0. The largest absolute Gasteiger partial charge is 0.378 e. The molecule has 1 amide bonds. The highest BCUT2D eigenvalue weighted by molar-refractivity contribution is 6.04. The van der Waals surface area contributed by atoms with Crippen LogP contribution in [0.15, 0.2) is 36.4 Å². The SMILES string of the molecule is O=C(Nc1ccccc1N1CCOCC1)c1ccc(N2CCCCC2)nn1. The summed E-state index contributed by atoms with van der Waals surface area (Å²) in [7, 11) is 0. The minimum absolute atomic E-state index is 0.242. The Hall–Kier alpha value is -2.67. The number of para-hydroxylation sites is 2. The van der Waals surface area contributed by atoms with Crippen LogP contribution in [0, 0.1) is 0 Å². The molecule has 0 spiro atoms. The van der Waals surface area contributed by atoms with Gasteiger partial charge in [0.05, 0.1) is 24.6 Å². The van der Waals surface area contributed by atoms with Crippen LogP contribution in [0.25, 0.3) is 0 Å². The van der Waals surface area contributed by atoms with Crippen LogP contribution in [0.2, 0.25) is 0 Å². The summed E-state index contributed by atoms with van der Waals surface area (Å²) in [5.41, 5.74) is 2.12. The fourth-order valence-corrected chi connectivity index (χ4v) is 3.58. The molecule has 0 bridgehead atoms. The molecule has 0 saturated carbocycles. The maximum Gasteiger partial charge on any atom is 0.276 e. The molecule has 2 saturated heterocycles. The van der Waals surface area contributed by atoms with Crippen molar-refractivity contribution in [2.75, 3.05) is 54.5 Å². The number of hydrogen-bond acceptors (Lipinski definition) is 6. The molecule has 27 heavy (non-hydrogen) atoms. The zero-order valence-corrected chi connectivity index (χ0v) is 15.4. The maximum absolute atomic E-state index is 12.7. The lowest BCUT2D eigenvalue weighted by molar-refractivity contribution is 0.102. The number of morpholine rings is 1. The Morgan fingerprint density at radius 2 is 1.67 bits per heavy atom. The van der Waals surface area contributed by atoms with Gasteiger partial charge in [-0.1, -0.05) is 12.1 Å². The second-order valence-corrected chi connectivity index (χ2v) is 6.90. The molecule has 4 rings (SSSR count). The number of benzene rings is 1. The van der Waals surface area contributed by atoms with Crippen molar-refractivity contribution in [3.63, 3.8) is 0 Å². The highest BCUT2D eigenvalue weighted by atomic mass is 16.5. The van der Waals surface area contributed by atoms with Gasteiger partial charge in [-0.2, -0.15) is 0 Å². The number of nitrogens with zero attached hydrogens (tertiary/aromatic N) is 4. The summed E-state index contributed by atoms with van der Waals surface area (Å²) in [6.45, 7) is 5.05. The van der Waals surface area contributed by atoms with Crippen LogP contribution in [0.1, 0.15) is 29.8 Å². The summed E-state index contributed by atoms with van der Waals surface area (Å²) in [5.74, 6) is 0.605. The van der Waals surface area contributed by atoms with E-state index in [-0.39, 0.29) is 5.91 Å². The molecule has 2 aromatic rings. The lowest BCUT2D eigenvalue weighted by atomic mass is 10.1. The van der Waals surface area contributed by atoms with E-state index in [9.17, 15) is 4.79 Å². The third-order valence-electron chi connectivity index (χ3n) is 5.07. The van der Waals surface area contributed by atoms with Crippen molar-refractivity contribution in [2.45, 2.75) is 19.3 Å². The third-order valence-corrected chi connectivity index (χ3v) is 5.07. The van der Waals surface area contributed by atoms with Gasteiger partial charge in [0.25, 0.3) is 5.91 Å². The highest BCUT2D eigenvalue weighted by Crippen LogP contribution is 2.26. The van der Waals surface area contributed by atoms with Gasteiger partial charge in [0.1, 0.15) is 0 Å². The van der Waals surface area contributed by atoms with Crippen LogP contribution in [0.3, 0.4) is 0 Å². The van der Waals surface area contributed by atoms with Gasteiger partial charge in [0.2, 0.25) is 0 Å². The number of hydrogen-bond donors (Lipinski definition) is 1. The molecule has 0 unspecified atom stereocenters. The predicted molar refractivity (Wildman–Crippen MR) is 106 cm³/mol. The van der Waals surface area contributed by atoms with Crippen molar-refractivity contribution in [2.24, 2.45) is 0 Å². The highest BCUT2D eigenvalue weighted by Gasteiger charge is 2.18. The lowest BCUT2D eigenvalue weighted by Crippen LogP contribution is -2.36. The molecule has 1 aromatic carbocycles. The van der Waals surface area contributed by atoms with E-state index < -0.39 is 0 Å². The van der Waals surface area contributed by atoms with Crippen LogP contribution in [-0.4, -0.2) is 55.5 Å². The van der Waals surface area contributed by atoms with Crippen LogP contribution < -0.4 is 15.1 Å². The summed E-state index contributed by atoms with van der Waals surface area (Å²) in [4.78, 5) is 17.1. The van der Waals surface area contributed by atoms with E-state index in [1.807, 2.05) is 30.3 Å². The molecule has 0 aliphatic carbocycles. The normalized spacial score (nSPS) is 17.6. The topological polar surface area (TPSA) is 70.6 Å². The van der Waals surface area contributed by atoms with Crippen molar-refractivity contribution in [3.05, 3.63) is 42.1 Å². The van der Waals surface area contributed by atoms with Gasteiger partial charge in [-0.05, 0) is 43.5 Å². The molecule has 2 aliphatic heterocycles. The van der Waals surface area contributed by atoms with Gasteiger partial charge in [-0.3, -0.25) is 4.79 Å². The Morgan fingerprint density at radius 3 is 2.41 bits per heavy atom. The van der Waals surface area contributed by atoms with E-state index in [0.717, 1.165) is 43.4 Å². The molecule has 1 aromatic heterocycles. The monoisotopic (exact) mass is 367 g/mol. The Bertz CT molecular complexity index is 768. The minimum atomic E-state index is -0.242. The Morgan fingerprint density at radius 1 is 0.889 bits per heavy atom. The van der Waals surface area contributed by atoms with Crippen LogP contribution in [0.5, 0.6) is 0 Å². The third kappa shape index (κ3) is 4.19. The second-order valence-electron chi connectivity index (χ2n) is 6.90. The first-order chi connectivity index (χ1) is 13.3. The van der Waals surface area contributed by atoms with Crippen molar-refractivity contribution in [1.82, 2.24) is 10.2 Å². The van der Waals surface area contributed by atoms with Gasteiger partial charge in [0.15, 0.2) is 11.5 Å². The molecule has 0 radical (unpaired) electrons. The van der Waals surface area contributed by atoms with E-state index in [4.69, 9.17) is 4.74 Å². The summed E-state index contributed by atoms with van der Waals surface area (Å²) in [6, 6.07) is 11.5. The van der Waals surface area contributed by atoms with Crippen LogP contribution in [0.4, 0.5) is 17.2 Å². The second kappa shape index (κ2) is 8.35. The number of piperidine rings is 1. The van der Waals surface area contributed by atoms with Crippen molar-refractivity contribution in [3.8, 4) is 0 Å². The number of amides is 1. The average Bonchev–Trinajstić information content (AvgIpc) is 2.75. The van der Waals surface area contributed by atoms with E-state index in [1.54, 1.807) is 6.07 Å². The average molecular weight is 367 g/mol. The molecule has 2 fully saturated rings. The fourth-order valence-electron chi connectivity index (χ4n) is 3.58. The number of rotatable bonds is 4. The molecule has 3 heterocycles. The van der Waals surface area contributed by atoms with Crippen LogP contribution in [-0.2, 0) is 4.74 Å². The number of carbonyl (C=O) groups is 1. The van der Waals surface area contributed by atoms with E-state index in [0.29, 0.717) is 18.9 Å². The molecule has 7 heteroatoms. The Kier molecular flexibility index (Phi) is 5.48. The number of anilines is 3. The molecule has 142 valence electrons. The van der Waals surface area contributed by atoms with Gasteiger partial charge in [0, 0.05) is 26.2 Å². The van der Waals surface area contributed by atoms with Gasteiger partial charge >= 0.3 is 0 Å². The minimum Gasteiger partial charge on any atom is -0.378 e. The molecule has 0 atom stereocenters. The van der Waals surface area contributed by atoms with Gasteiger partial charge < -0.3 is 19.9 Å². The number of nitrogens with one attached hydrogen (secondary N) is 1. The summed E-state index contributed by atoms with van der Waals surface area (Å²) in [5, 5.41) is 11.4. The zero-order chi connectivity index (χ0) is 18.5. The van der Waals surface area contributed by atoms with Crippen molar-refractivity contribution >= 4 is 23.1 Å². The summed E-state index contributed by atoms with van der Waals surface area (Å²) < 4.78 is 5.42.